The van der Waals surface area contributed by atoms with E-state index in [0.717, 1.165) is 6.04 Å². The molecule has 0 amide bonds. The van der Waals surface area contributed by atoms with Crippen molar-refractivity contribution in [3.8, 4) is 0 Å². The maximum Gasteiger partial charge on any atom is 0.00387 e. The molecule has 62 valence electrons. The second-order valence-corrected chi connectivity index (χ2v) is 3.06. The molecule has 0 aliphatic carbocycles. The van der Waals surface area contributed by atoms with Crippen LogP contribution < -0.4 is 5.32 Å². The van der Waals surface area contributed by atoms with Crippen LogP contribution in [0.2, 0.25) is 0 Å². The third kappa shape index (κ3) is 6.09. The largest absolute Gasteiger partial charge is 0.314 e. The van der Waals surface area contributed by atoms with Gasteiger partial charge < -0.3 is 5.32 Å². The van der Waals surface area contributed by atoms with Crippen LogP contribution in [0.5, 0.6) is 0 Å². The molecule has 1 heterocycles. The summed E-state index contributed by atoms with van der Waals surface area (Å²) >= 11 is 0. The molecule has 0 bridgehead atoms. The molecule has 1 rings (SSSR count). The predicted molar refractivity (Wildman–Crippen MR) is 47.3 cm³/mol. The van der Waals surface area contributed by atoms with Crippen LogP contribution in [-0.4, -0.2) is 12.6 Å². The van der Waals surface area contributed by atoms with E-state index in [1.807, 2.05) is 0 Å². The SMILES string of the molecule is CC1CCCCN1.CCC. The van der Waals surface area contributed by atoms with Crippen molar-refractivity contribution in [1.82, 2.24) is 5.32 Å². The van der Waals surface area contributed by atoms with Crippen molar-refractivity contribution in [2.75, 3.05) is 6.54 Å². The zero-order chi connectivity index (χ0) is 7.82. The summed E-state index contributed by atoms with van der Waals surface area (Å²) in [5.74, 6) is 0. The summed E-state index contributed by atoms with van der Waals surface area (Å²) in [4.78, 5) is 0. The van der Waals surface area contributed by atoms with E-state index in [1.165, 1.54) is 32.2 Å². The van der Waals surface area contributed by atoms with Gasteiger partial charge >= 0.3 is 0 Å². The van der Waals surface area contributed by atoms with E-state index < -0.39 is 0 Å². The van der Waals surface area contributed by atoms with Gasteiger partial charge in [0.05, 0.1) is 0 Å². The van der Waals surface area contributed by atoms with E-state index in [9.17, 15) is 0 Å². The fourth-order valence-electron chi connectivity index (χ4n) is 1.03. The minimum absolute atomic E-state index is 0.786. The molecule has 0 spiro atoms. The Morgan fingerprint density at radius 2 is 1.90 bits per heavy atom. The first-order valence-electron chi connectivity index (χ1n) is 4.54. The van der Waals surface area contributed by atoms with Crippen LogP contribution in [0, 0.1) is 0 Å². The molecular weight excluding hydrogens is 122 g/mol. The van der Waals surface area contributed by atoms with Crippen LogP contribution in [0.15, 0.2) is 0 Å². The molecule has 0 aromatic rings. The van der Waals surface area contributed by atoms with E-state index in [0.29, 0.717) is 0 Å². The molecule has 0 aromatic heterocycles. The molecule has 1 heteroatoms. The fourth-order valence-corrected chi connectivity index (χ4v) is 1.03. The number of rotatable bonds is 0. The quantitative estimate of drug-likeness (QED) is 0.549. The Labute approximate surface area is 65.2 Å². The van der Waals surface area contributed by atoms with E-state index in [1.54, 1.807) is 0 Å². The van der Waals surface area contributed by atoms with Gasteiger partial charge in [0.15, 0.2) is 0 Å². The summed E-state index contributed by atoms with van der Waals surface area (Å²) in [5, 5.41) is 3.38. The van der Waals surface area contributed by atoms with Gasteiger partial charge in [0.2, 0.25) is 0 Å². The third-order valence-corrected chi connectivity index (χ3v) is 1.56. The molecule has 0 saturated carbocycles. The first-order valence-corrected chi connectivity index (χ1v) is 4.54. The Balaban J connectivity index is 0.000000236. The summed E-state index contributed by atoms with van der Waals surface area (Å²) in [6.45, 7) is 7.74. The highest BCUT2D eigenvalue weighted by Crippen LogP contribution is 2.04. The lowest BCUT2D eigenvalue weighted by Gasteiger charge is -2.18. The molecule has 1 aliphatic rings. The zero-order valence-electron chi connectivity index (χ0n) is 7.61. The van der Waals surface area contributed by atoms with Gasteiger partial charge in [-0.25, -0.2) is 0 Å². The second-order valence-electron chi connectivity index (χ2n) is 3.06. The number of piperidine rings is 1. The minimum Gasteiger partial charge on any atom is -0.314 e. The van der Waals surface area contributed by atoms with Gasteiger partial charge in [-0.15, -0.1) is 0 Å². The van der Waals surface area contributed by atoms with Gasteiger partial charge in [-0.05, 0) is 26.3 Å². The van der Waals surface area contributed by atoms with Crippen molar-refractivity contribution >= 4 is 0 Å². The van der Waals surface area contributed by atoms with Crippen LogP contribution in [-0.2, 0) is 0 Å². The van der Waals surface area contributed by atoms with Crippen molar-refractivity contribution < 1.29 is 0 Å². The Hall–Kier alpha value is -0.0400. The summed E-state index contributed by atoms with van der Waals surface area (Å²) < 4.78 is 0. The lowest BCUT2D eigenvalue weighted by atomic mass is 10.1. The number of hydrogen-bond acceptors (Lipinski definition) is 1. The van der Waals surface area contributed by atoms with Crippen LogP contribution in [0.25, 0.3) is 0 Å². The van der Waals surface area contributed by atoms with E-state index in [2.05, 4.69) is 26.1 Å². The van der Waals surface area contributed by atoms with Crippen LogP contribution >= 0.6 is 0 Å². The zero-order valence-corrected chi connectivity index (χ0v) is 7.61. The Kier molecular flexibility index (Phi) is 7.04. The van der Waals surface area contributed by atoms with Gasteiger partial charge in [-0.3, -0.25) is 0 Å². The fraction of sp³-hybridized carbons (Fsp3) is 1.00. The number of nitrogens with one attached hydrogen (secondary N) is 1. The van der Waals surface area contributed by atoms with Crippen LogP contribution in [0.4, 0.5) is 0 Å². The van der Waals surface area contributed by atoms with Crippen LogP contribution in [0.1, 0.15) is 46.5 Å². The highest BCUT2D eigenvalue weighted by atomic mass is 14.9. The van der Waals surface area contributed by atoms with Gasteiger partial charge in [0, 0.05) is 6.04 Å². The van der Waals surface area contributed by atoms with Gasteiger partial charge in [-0.2, -0.15) is 0 Å². The van der Waals surface area contributed by atoms with E-state index in [-0.39, 0.29) is 0 Å². The normalized spacial score (nSPS) is 24.9. The molecule has 1 saturated heterocycles. The van der Waals surface area contributed by atoms with Crippen molar-refractivity contribution in [2.24, 2.45) is 0 Å². The molecule has 1 N–H and O–H groups in total. The lowest BCUT2D eigenvalue weighted by molar-refractivity contribution is 0.425. The Morgan fingerprint density at radius 1 is 1.30 bits per heavy atom. The van der Waals surface area contributed by atoms with E-state index >= 15 is 0 Å². The topological polar surface area (TPSA) is 12.0 Å². The summed E-state index contributed by atoms with van der Waals surface area (Å²) in [7, 11) is 0. The van der Waals surface area contributed by atoms with Crippen molar-refractivity contribution in [3.63, 3.8) is 0 Å². The van der Waals surface area contributed by atoms with E-state index in [4.69, 9.17) is 0 Å². The molecular formula is C9H21N. The average molecular weight is 143 g/mol. The molecule has 1 fully saturated rings. The average Bonchev–Trinajstić information content (AvgIpc) is 1.91. The lowest BCUT2D eigenvalue weighted by Crippen LogP contribution is -2.30. The maximum atomic E-state index is 3.38. The smallest absolute Gasteiger partial charge is 0.00387 e. The Morgan fingerprint density at radius 3 is 2.10 bits per heavy atom. The molecule has 0 radical (unpaired) electrons. The van der Waals surface area contributed by atoms with Crippen molar-refractivity contribution in [1.29, 1.82) is 0 Å². The first-order chi connectivity index (χ1) is 4.81. The summed E-state index contributed by atoms with van der Waals surface area (Å²) in [5.41, 5.74) is 0. The number of hydrogen-bond donors (Lipinski definition) is 1. The third-order valence-electron chi connectivity index (χ3n) is 1.56. The molecule has 1 aliphatic heterocycles. The standard InChI is InChI=1S/C6H13N.C3H8/c1-6-4-2-3-5-7-6;1-3-2/h6-7H,2-5H2,1H3;3H2,1-2H3. The molecule has 10 heavy (non-hydrogen) atoms. The summed E-state index contributed by atoms with van der Waals surface area (Å²) in [6, 6.07) is 0.786. The first kappa shape index (κ1) is 9.96. The second kappa shape index (κ2) is 7.07. The molecule has 1 unspecified atom stereocenters. The molecule has 0 aromatic carbocycles. The predicted octanol–water partition coefficient (Wildman–Crippen LogP) is 2.56. The van der Waals surface area contributed by atoms with Crippen molar-refractivity contribution in [3.05, 3.63) is 0 Å². The monoisotopic (exact) mass is 143 g/mol. The van der Waals surface area contributed by atoms with Gasteiger partial charge in [0.25, 0.3) is 0 Å². The Bertz CT molecular complexity index is 55.7. The maximum absolute atomic E-state index is 3.38. The van der Waals surface area contributed by atoms with Gasteiger partial charge in [0.1, 0.15) is 0 Å². The summed E-state index contributed by atoms with van der Waals surface area (Å²) in [6.07, 6.45) is 5.43. The van der Waals surface area contributed by atoms with Crippen LogP contribution in [0.3, 0.4) is 0 Å². The minimum atomic E-state index is 0.786. The van der Waals surface area contributed by atoms with Gasteiger partial charge in [-0.1, -0.05) is 26.7 Å². The molecule has 1 atom stereocenters. The van der Waals surface area contributed by atoms with Crippen molar-refractivity contribution in [2.45, 2.75) is 52.5 Å². The highest BCUT2D eigenvalue weighted by molar-refractivity contribution is 4.65. The highest BCUT2D eigenvalue weighted by Gasteiger charge is 2.04. The molecule has 1 nitrogen and oxygen atoms in total.